The lowest BCUT2D eigenvalue weighted by molar-refractivity contribution is -0.385. The second kappa shape index (κ2) is 12.7. The van der Waals surface area contributed by atoms with E-state index in [0.717, 1.165) is 26.6 Å². The fourth-order valence-corrected chi connectivity index (χ4v) is 6.15. The number of nitro benzene ring substituents is 1. The number of methoxy groups -OCH3 is 1. The van der Waals surface area contributed by atoms with Gasteiger partial charge in [0.1, 0.15) is 12.3 Å². The molecule has 0 fully saturated rings. The third-order valence-electron chi connectivity index (χ3n) is 6.00. The number of sulfonamides is 1. The Hall–Kier alpha value is -4.35. The van der Waals surface area contributed by atoms with Crippen molar-refractivity contribution in [3.63, 3.8) is 0 Å². The zero-order valence-electron chi connectivity index (χ0n) is 21.8. The van der Waals surface area contributed by atoms with Gasteiger partial charge in [0, 0.05) is 28.0 Å². The van der Waals surface area contributed by atoms with Crippen LogP contribution in [0.1, 0.15) is 11.1 Å². The van der Waals surface area contributed by atoms with E-state index in [9.17, 15) is 23.3 Å². The molecular formula is C29H27N3O6S2. The fraction of sp³-hybridized carbons (Fsp3) is 0.138. The second-order valence-corrected chi connectivity index (χ2v) is 11.7. The van der Waals surface area contributed by atoms with E-state index < -0.39 is 27.4 Å². The van der Waals surface area contributed by atoms with Crippen molar-refractivity contribution in [2.75, 3.05) is 23.3 Å². The molecule has 0 unspecified atom stereocenters. The van der Waals surface area contributed by atoms with Crippen molar-refractivity contribution in [2.24, 2.45) is 0 Å². The van der Waals surface area contributed by atoms with Crippen molar-refractivity contribution in [3.05, 3.63) is 118 Å². The molecule has 4 aromatic rings. The molecule has 0 bridgehead atoms. The van der Waals surface area contributed by atoms with Gasteiger partial charge in [0.15, 0.2) is 0 Å². The van der Waals surface area contributed by atoms with E-state index in [2.05, 4.69) is 5.32 Å². The summed E-state index contributed by atoms with van der Waals surface area (Å²) in [6.07, 6.45) is 0. The average molecular weight is 578 g/mol. The van der Waals surface area contributed by atoms with E-state index in [1.165, 1.54) is 38.3 Å². The van der Waals surface area contributed by atoms with Gasteiger partial charge in [0.05, 0.1) is 22.6 Å². The molecule has 0 spiro atoms. The monoisotopic (exact) mass is 577 g/mol. The number of anilines is 2. The lowest BCUT2D eigenvalue weighted by Crippen LogP contribution is -2.38. The van der Waals surface area contributed by atoms with Gasteiger partial charge in [-0.1, -0.05) is 36.4 Å². The first-order valence-electron chi connectivity index (χ1n) is 12.2. The molecule has 0 saturated carbocycles. The summed E-state index contributed by atoms with van der Waals surface area (Å²) in [6.45, 7) is 0.969. The molecule has 0 aliphatic carbocycles. The highest BCUT2D eigenvalue weighted by Gasteiger charge is 2.29. The van der Waals surface area contributed by atoms with E-state index in [1.807, 2.05) is 42.5 Å². The van der Waals surface area contributed by atoms with Crippen LogP contribution in [0.5, 0.6) is 5.75 Å². The molecule has 0 atom stereocenters. The van der Waals surface area contributed by atoms with Crippen LogP contribution in [0.15, 0.2) is 107 Å². The standard InChI is InChI=1S/C29H27N3O6S2/c1-21-8-17-27(18-28(21)32(34)35)40(36,37)31(24-13-15-25(38-2)16-14-24)19-29(33)30-23-11-9-22(10-12-23)20-39-26-6-4-3-5-7-26/h3-18H,19-20H2,1-2H3,(H,30,33). The summed E-state index contributed by atoms with van der Waals surface area (Å²) in [7, 11) is -2.87. The molecule has 0 aliphatic rings. The van der Waals surface area contributed by atoms with Gasteiger partial charge >= 0.3 is 0 Å². The molecule has 0 saturated heterocycles. The van der Waals surface area contributed by atoms with Crippen LogP contribution in [0.2, 0.25) is 0 Å². The van der Waals surface area contributed by atoms with Crippen LogP contribution < -0.4 is 14.4 Å². The first kappa shape index (κ1) is 28.7. The van der Waals surface area contributed by atoms with Gasteiger partial charge < -0.3 is 10.1 Å². The van der Waals surface area contributed by atoms with E-state index in [0.29, 0.717) is 17.0 Å². The highest BCUT2D eigenvalue weighted by molar-refractivity contribution is 7.98. The largest absolute Gasteiger partial charge is 0.497 e. The number of nitrogens with zero attached hydrogens (tertiary/aromatic N) is 2. The Morgan fingerprint density at radius 2 is 1.65 bits per heavy atom. The van der Waals surface area contributed by atoms with Crippen LogP contribution in [0.3, 0.4) is 0 Å². The van der Waals surface area contributed by atoms with Gasteiger partial charge in [-0.3, -0.25) is 19.2 Å². The van der Waals surface area contributed by atoms with Crippen LogP contribution in [0, 0.1) is 17.0 Å². The molecule has 9 nitrogen and oxygen atoms in total. The van der Waals surface area contributed by atoms with Gasteiger partial charge in [-0.15, -0.1) is 11.8 Å². The number of hydrogen-bond donors (Lipinski definition) is 1. The number of hydrogen-bond acceptors (Lipinski definition) is 7. The van der Waals surface area contributed by atoms with Crippen molar-refractivity contribution < 1.29 is 22.9 Å². The predicted octanol–water partition coefficient (Wildman–Crippen LogP) is 6.04. The molecule has 40 heavy (non-hydrogen) atoms. The number of carbonyl (C=O) groups is 1. The molecular weight excluding hydrogens is 550 g/mol. The summed E-state index contributed by atoms with van der Waals surface area (Å²) in [5.41, 5.74) is 1.77. The Kier molecular flexibility index (Phi) is 9.08. The molecule has 0 aliphatic heterocycles. The van der Waals surface area contributed by atoms with Crippen molar-refractivity contribution in [1.82, 2.24) is 0 Å². The highest BCUT2D eigenvalue weighted by atomic mass is 32.2. The summed E-state index contributed by atoms with van der Waals surface area (Å²) in [5.74, 6) is 0.680. The summed E-state index contributed by atoms with van der Waals surface area (Å²) in [5, 5.41) is 14.2. The maximum Gasteiger partial charge on any atom is 0.273 e. The lowest BCUT2D eigenvalue weighted by Gasteiger charge is -2.24. The number of thioether (sulfide) groups is 1. The van der Waals surface area contributed by atoms with E-state index in [4.69, 9.17) is 4.74 Å². The Morgan fingerprint density at radius 3 is 2.27 bits per heavy atom. The molecule has 0 radical (unpaired) electrons. The number of nitrogens with one attached hydrogen (secondary N) is 1. The van der Waals surface area contributed by atoms with Gasteiger partial charge in [0.25, 0.3) is 15.7 Å². The number of amides is 1. The first-order chi connectivity index (χ1) is 19.2. The van der Waals surface area contributed by atoms with E-state index in [-0.39, 0.29) is 16.3 Å². The number of aryl methyl sites for hydroxylation is 1. The Bertz CT molecular complexity index is 1590. The van der Waals surface area contributed by atoms with Crippen LogP contribution in [0.25, 0.3) is 0 Å². The zero-order chi connectivity index (χ0) is 28.7. The van der Waals surface area contributed by atoms with Crippen molar-refractivity contribution >= 4 is 44.8 Å². The molecule has 1 N–H and O–H groups in total. The lowest BCUT2D eigenvalue weighted by atomic mass is 10.2. The number of nitro groups is 1. The minimum atomic E-state index is -4.35. The summed E-state index contributed by atoms with van der Waals surface area (Å²) >= 11 is 1.69. The first-order valence-corrected chi connectivity index (χ1v) is 14.6. The van der Waals surface area contributed by atoms with Crippen molar-refractivity contribution in [1.29, 1.82) is 0 Å². The molecule has 1 amide bonds. The fourth-order valence-electron chi connectivity index (χ4n) is 3.84. The zero-order valence-corrected chi connectivity index (χ0v) is 23.4. The van der Waals surface area contributed by atoms with Crippen LogP contribution >= 0.6 is 11.8 Å². The van der Waals surface area contributed by atoms with Crippen LogP contribution in [-0.4, -0.2) is 32.9 Å². The Morgan fingerprint density at radius 1 is 0.975 bits per heavy atom. The highest BCUT2D eigenvalue weighted by Crippen LogP contribution is 2.29. The Balaban J connectivity index is 1.54. The third kappa shape index (κ3) is 6.99. The number of ether oxygens (including phenoxy) is 1. The Labute approximate surface area is 237 Å². The summed E-state index contributed by atoms with van der Waals surface area (Å²) in [4.78, 5) is 24.7. The quantitative estimate of drug-likeness (QED) is 0.131. The van der Waals surface area contributed by atoms with Gasteiger partial charge in [0.2, 0.25) is 5.91 Å². The number of carbonyl (C=O) groups excluding carboxylic acids is 1. The molecule has 4 rings (SSSR count). The van der Waals surface area contributed by atoms with E-state index >= 15 is 0 Å². The molecule has 0 heterocycles. The SMILES string of the molecule is COc1ccc(N(CC(=O)Nc2ccc(CSc3ccccc3)cc2)S(=O)(=O)c2ccc(C)c([N+](=O)[O-])c2)cc1. The topological polar surface area (TPSA) is 119 Å². The maximum atomic E-state index is 13.7. The summed E-state index contributed by atoms with van der Waals surface area (Å²) in [6, 6.07) is 27.1. The molecule has 11 heteroatoms. The molecule has 206 valence electrons. The predicted molar refractivity (Wildman–Crippen MR) is 156 cm³/mol. The van der Waals surface area contributed by atoms with Gasteiger partial charge in [-0.25, -0.2) is 8.42 Å². The normalized spacial score (nSPS) is 11.1. The third-order valence-corrected chi connectivity index (χ3v) is 8.85. The summed E-state index contributed by atoms with van der Waals surface area (Å²) < 4.78 is 33.4. The number of rotatable bonds is 11. The average Bonchev–Trinajstić information content (AvgIpc) is 2.96. The smallest absolute Gasteiger partial charge is 0.273 e. The molecule has 4 aromatic carbocycles. The van der Waals surface area contributed by atoms with Gasteiger partial charge in [-0.05, 0) is 67.1 Å². The van der Waals surface area contributed by atoms with Crippen molar-refractivity contribution in [3.8, 4) is 5.75 Å². The van der Waals surface area contributed by atoms with Crippen LogP contribution in [0.4, 0.5) is 17.1 Å². The second-order valence-electron chi connectivity index (χ2n) is 8.76. The van der Waals surface area contributed by atoms with Crippen molar-refractivity contribution in [2.45, 2.75) is 22.5 Å². The maximum absolute atomic E-state index is 13.7. The van der Waals surface area contributed by atoms with Crippen LogP contribution in [-0.2, 0) is 20.6 Å². The number of benzene rings is 4. The minimum absolute atomic E-state index is 0.201. The van der Waals surface area contributed by atoms with E-state index in [1.54, 1.807) is 36.0 Å². The van der Waals surface area contributed by atoms with Gasteiger partial charge in [-0.2, -0.15) is 0 Å². The molecule has 0 aromatic heterocycles. The minimum Gasteiger partial charge on any atom is -0.497 e.